The molecule has 9 nitrogen and oxygen atoms in total. The van der Waals surface area contributed by atoms with Gasteiger partial charge in [-0.2, -0.15) is 0 Å². The number of nitrogens with one attached hydrogen (secondary N) is 2. The number of aliphatic hydroxyl groups excluding tert-OH is 1. The van der Waals surface area contributed by atoms with E-state index in [9.17, 15) is 24.3 Å². The number of aliphatic hydroxyl groups is 1. The molecule has 5 atom stereocenters. The summed E-state index contributed by atoms with van der Waals surface area (Å²) < 4.78 is 0. The molecule has 0 bridgehead atoms. The van der Waals surface area contributed by atoms with Gasteiger partial charge >= 0.3 is 0 Å². The highest BCUT2D eigenvalue weighted by Crippen LogP contribution is 2.17. The fourth-order valence-electron chi connectivity index (χ4n) is 3.02. The quantitative estimate of drug-likeness (QED) is 0.225. The van der Waals surface area contributed by atoms with Gasteiger partial charge in [0.2, 0.25) is 17.5 Å². The predicted octanol–water partition coefficient (Wildman–Crippen LogP) is -0.893. The van der Waals surface area contributed by atoms with Crippen molar-refractivity contribution in [3.8, 4) is 0 Å². The number of rotatable bonds is 13. The van der Waals surface area contributed by atoms with Gasteiger partial charge in [0.15, 0.2) is 5.78 Å². The van der Waals surface area contributed by atoms with Crippen molar-refractivity contribution in [3.63, 3.8) is 0 Å². The van der Waals surface area contributed by atoms with Crippen molar-refractivity contribution in [2.45, 2.75) is 71.3 Å². The number of ketones is 3. The van der Waals surface area contributed by atoms with Crippen molar-refractivity contribution in [1.29, 1.82) is 0 Å². The van der Waals surface area contributed by atoms with Gasteiger partial charge in [0.1, 0.15) is 12.1 Å². The molecule has 5 N–H and O–H groups in total. The van der Waals surface area contributed by atoms with E-state index < -0.39 is 53.5 Å². The minimum absolute atomic E-state index is 0.179. The maximum atomic E-state index is 13.3. The Labute approximate surface area is 173 Å². The Morgan fingerprint density at radius 3 is 1.83 bits per heavy atom. The van der Waals surface area contributed by atoms with Crippen molar-refractivity contribution in [2.24, 2.45) is 17.6 Å². The van der Waals surface area contributed by atoms with Crippen LogP contribution < -0.4 is 16.4 Å². The summed E-state index contributed by atoms with van der Waals surface area (Å²) >= 11 is 0. The summed E-state index contributed by atoms with van der Waals surface area (Å²) in [5.74, 6) is -3.46. The van der Waals surface area contributed by atoms with Crippen LogP contribution in [-0.4, -0.2) is 84.7 Å². The molecule has 1 amide bonds. The van der Waals surface area contributed by atoms with Crippen molar-refractivity contribution in [2.75, 3.05) is 21.1 Å². The number of carbonyl (C=O) groups is 4. The number of nitrogens with two attached hydrogens (primary N) is 1. The molecule has 0 fully saturated rings. The van der Waals surface area contributed by atoms with Gasteiger partial charge in [0, 0.05) is 7.05 Å². The first-order chi connectivity index (χ1) is 13.4. The van der Waals surface area contributed by atoms with Gasteiger partial charge in [-0.25, -0.2) is 0 Å². The Morgan fingerprint density at radius 1 is 0.966 bits per heavy atom. The minimum Gasteiger partial charge on any atom is -0.390 e. The van der Waals surface area contributed by atoms with Crippen LogP contribution in [0.15, 0.2) is 0 Å². The lowest BCUT2D eigenvalue weighted by molar-refractivity contribution is -0.149. The molecule has 29 heavy (non-hydrogen) atoms. The van der Waals surface area contributed by atoms with E-state index in [2.05, 4.69) is 10.6 Å². The first-order valence-corrected chi connectivity index (χ1v) is 10.0. The molecule has 168 valence electrons. The molecule has 9 heteroatoms. The molecule has 0 aromatic carbocycles. The zero-order valence-electron chi connectivity index (χ0n) is 18.9. The number of Topliss-reactive ketones (excluding diaryl/α,β-unsaturated/α-hetero) is 3. The average Bonchev–Trinajstić information content (AvgIpc) is 2.67. The van der Waals surface area contributed by atoms with E-state index in [-0.39, 0.29) is 11.8 Å². The Balaban J connectivity index is 5.98. The topological polar surface area (TPSA) is 142 Å². The minimum atomic E-state index is -1.48. The molecule has 0 aliphatic heterocycles. The first kappa shape index (κ1) is 27.3. The summed E-state index contributed by atoms with van der Waals surface area (Å²) in [6.45, 7) is 8.68. The zero-order valence-corrected chi connectivity index (χ0v) is 18.9. The van der Waals surface area contributed by atoms with Gasteiger partial charge in [-0.05, 0) is 32.4 Å². The highest BCUT2D eigenvalue weighted by Gasteiger charge is 2.43. The predicted molar refractivity (Wildman–Crippen MR) is 111 cm³/mol. The lowest BCUT2D eigenvalue weighted by atomic mass is 9.88. The van der Waals surface area contributed by atoms with E-state index in [1.165, 1.54) is 14.1 Å². The van der Waals surface area contributed by atoms with Crippen LogP contribution >= 0.6 is 0 Å². The fraction of sp³-hybridized carbons (Fsp3) is 0.800. The molecule has 0 radical (unpaired) electrons. The second-order valence-electron chi connectivity index (χ2n) is 8.00. The van der Waals surface area contributed by atoms with Crippen LogP contribution in [-0.2, 0) is 19.2 Å². The van der Waals surface area contributed by atoms with E-state index in [0.717, 1.165) is 4.90 Å². The third-order valence-corrected chi connectivity index (χ3v) is 5.22. The third kappa shape index (κ3) is 6.67. The van der Waals surface area contributed by atoms with Gasteiger partial charge in [-0.15, -0.1) is 0 Å². The van der Waals surface area contributed by atoms with E-state index in [4.69, 9.17) is 5.73 Å². The lowest BCUT2D eigenvalue weighted by Gasteiger charge is -2.36. The Hall–Kier alpha value is -1.68. The molecule has 0 aromatic rings. The Bertz CT molecular complexity index is 589. The maximum Gasteiger partial charge on any atom is 0.240 e. The van der Waals surface area contributed by atoms with Crippen LogP contribution in [0.2, 0.25) is 0 Å². The van der Waals surface area contributed by atoms with Crippen molar-refractivity contribution in [3.05, 3.63) is 0 Å². The van der Waals surface area contributed by atoms with Gasteiger partial charge in [-0.3, -0.25) is 19.2 Å². The molecule has 0 rings (SSSR count). The monoisotopic (exact) mass is 414 g/mol. The summed E-state index contributed by atoms with van der Waals surface area (Å²) in [5, 5.41) is 16.0. The molecule has 0 saturated carbocycles. The second kappa shape index (κ2) is 12.1. The number of hydrogen-bond acceptors (Lipinski definition) is 8. The largest absolute Gasteiger partial charge is 0.390 e. The van der Waals surface area contributed by atoms with Crippen LogP contribution in [0, 0.1) is 11.8 Å². The smallest absolute Gasteiger partial charge is 0.240 e. The molecule has 0 saturated heterocycles. The molecule has 1 unspecified atom stereocenters. The number of carbonyl (C=O) groups excluding carboxylic acids is 4. The van der Waals surface area contributed by atoms with Crippen LogP contribution in [0.25, 0.3) is 0 Å². The number of hydrogen-bond donors (Lipinski definition) is 4. The molecule has 0 aliphatic rings. The lowest BCUT2D eigenvalue weighted by Crippen LogP contribution is -2.62. The molecule has 0 aromatic heterocycles. The van der Waals surface area contributed by atoms with Crippen LogP contribution in [0.1, 0.15) is 41.0 Å². The van der Waals surface area contributed by atoms with Crippen LogP contribution in [0.5, 0.6) is 0 Å². The van der Waals surface area contributed by atoms with E-state index in [1.807, 2.05) is 0 Å². The fourth-order valence-corrected chi connectivity index (χ4v) is 3.02. The molecular weight excluding hydrogens is 376 g/mol. The molecular formula is C20H38N4O5. The summed E-state index contributed by atoms with van der Waals surface area (Å²) in [4.78, 5) is 52.3. The van der Waals surface area contributed by atoms with Gasteiger partial charge < -0.3 is 26.4 Å². The SMILES string of the molecule is CCC(NC)C(=O)C(=O)[C@@H](NC)C(=O)[C@H]([C@H](O)C(C)C)N(C)C(=O)[C@@H](N)C(C)C. The van der Waals surface area contributed by atoms with E-state index >= 15 is 0 Å². The molecule has 0 spiro atoms. The summed E-state index contributed by atoms with van der Waals surface area (Å²) in [7, 11) is 4.31. The van der Waals surface area contributed by atoms with Gasteiger partial charge in [0.05, 0.1) is 18.2 Å². The zero-order chi connectivity index (χ0) is 23.0. The second-order valence-corrected chi connectivity index (χ2v) is 8.00. The van der Waals surface area contributed by atoms with Crippen LogP contribution in [0.3, 0.4) is 0 Å². The van der Waals surface area contributed by atoms with E-state index in [0.29, 0.717) is 6.42 Å². The number of likely N-dealkylation sites (N-methyl/N-ethyl adjacent to an activating group) is 3. The van der Waals surface area contributed by atoms with Crippen molar-refractivity contribution < 1.29 is 24.3 Å². The standard InChI is InChI=1S/C20H38N4O5/c1-9-12(22-6)17(26)19(28)14(23-7)18(27)15(16(25)11(4)5)24(8)20(29)13(21)10(2)3/h10-16,22-23,25H,9,21H2,1-8H3/t12?,13-,14-,15-,16+/m0/s1. The van der Waals surface area contributed by atoms with Crippen molar-refractivity contribution >= 4 is 23.3 Å². The summed E-state index contributed by atoms with van der Waals surface area (Å²) in [6.07, 6.45) is -0.855. The normalized spacial score (nSPS) is 16.8. The average molecular weight is 415 g/mol. The number of amides is 1. The van der Waals surface area contributed by atoms with Gasteiger partial charge in [-0.1, -0.05) is 34.6 Å². The third-order valence-electron chi connectivity index (χ3n) is 5.22. The van der Waals surface area contributed by atoms with Gasteiger partial charge in [0.25, 0.3) is 0 Å². The first-order valence-electron chi connectivity index (χ1n) is 10.0. The highest BCUT2D eigenvalue weighted by atomic mass is 16.3. The number of nitrogens with zero attached hydrogens (tertiary/aromatic N) is 1. The Kier molecular flexibility index (Phi) is 11.4. The maximum absolute atomic E-state index is 13.3. The summed E-state index contributed by atoms with van der Waals surface area (Å²) in [5.41, 5.74) is 5.94. The Morgan fingerprint density at radius 2 is 1.48 bits per heavy atom. The molecule has 0 aliphatic carbocycles. The highest BCUT2D eigenvalue weighted by molar-refractivity contribution is 6.45. The van der Waals surface area contributed by atoms with Crippen LogP contribution in [0.4, 0.5) is 0 Å². The van der Waals surface area contributed by atoms with Crippen molar-refractivity contribution in [1.82, 2.24) is 15.5 Å². The van der Waals surface area contributed by atoms with E-state index in [1.54, 1.807) is 41.7 Å². The molecule has 0 heterocycles. The summed E-state index contributed by atoms with van der Waals surface area (Å²) in [6, 6.07) is -4.38.